The summed E-state index contributed by atoms with van der Waals surface area (Å²) < 4.78 is 18.1. The van der Waals surface area contributed by atoms with E-state index in [4.69, 9.17) is 4.42 Å². The number of aryl methyl sites for hydroxylation is 1. The maximum Gasteiger partial charge on any atom is 0.247 e. The molecule has 2 aromatic carbocycles. The third-order valence-corrected chi connectivity index (χ3v) is 5.21. The van der Waals surface area contributed by atoms with Crippen LogP contribution in [0.25, 0.3) is 11.5 Å². The van der Waals surface area contributed by atoms with E-state index in [1.807, 2.05) is 19.1 Å². The molecule has 1 heterocycles. The van der Waals surface area contributed by atoms with E-state index in [0.29, 0.717) is 22.8 Å². The fourth-order valence-electron chi connectivity index (χ4n) is 2.43. The molecule has 9 heteroatoms. The molecule has 0 aliphatic carbocycles. The zero-order valence-corrected chi connectivity index (χ0v) is 16.6. The van der Waals surface area contributed by atoms with Gasteiger partial charge < -0.3 is 15.1 Å². The summed E-state index contributed by atoms with van der Waals surface area (Å²) in [5.74, 6) is -0.417. The van der Waals surface area contributed by atoms with Crippen LogP contribution in [0.5, 0.6) is 0 Å². The molecule has 0 aliphatic heterocycles. The standard InChI is InChI=1S/C20H19FN4O3S/c1-12-3-4-14(20-25-22-11-28-20)9-17(12)24-19(27)13(2)29-10-18(26)23-16-7-5-15(21)6-8-16/h3-9,11,13H,10H2,1-2H3,(H,23,26)(H,24,27). The van der Waals surface area contributed by atoms with Gasteiger partial charge in [-0.3, -0.25) is 9.59 Å². The first-order chi connectivity index (χ1) is 13.9. The van der Waals surface area contributed by atoms with Crippen LogP contribution in [0.3, 0.4) is 0 Å². The highest BCUT2D eigenvalue weighted by Crippen LogP contribution is 2.25. The van der Waals surface area contributed by atoms with Crippen molar-refractivity contribution in [3.8, 4) is 11.5 Å². The van der Waals surface area contributed by atoms with Crippen LogP contribution in [0, 0.1) is 12.7 Å². The molecule has 1 unspecified atom stereocenters. The molecule has 3 rings (SSSR count). The molecule has 150 valence electrons. The SMILES string of the molecule is Cc1ccc(-c2nnco2)cc1NC(=O)C(C)SCC(=O)Nc1ccc(F)cc1. The number of nitrogens with one attached hydrogen (secondary N) is 2. The quantitative estimate of drug-likeness (QED) is 0.609. The number of rotatable bonds is 7. The molecular weight excluding hydrogens is 395 g/mol. The van der Waals surface area contributed by atoms with E-state index in [9.17, 15) is 14.0 Å². The van der Waals surface area contributed by atoms with Gasteiger partial charge in [0.15, 0.2) is 0 Å². The lowest BCUT2D eigenvalue weighted by atomic mass is 10.1. The first kappa shape index (κ1) is 20.5. The van der Waals surface area contributed by atoms with Crippen LogP contribution in [0.4, 0.5) is 15.8 Å². The highest BCUT2D eigenvalue weighted by molar-refractivity contribution is 8.01. The van der Waals surface area contributed by atoms with Crippen LogP contribution >= 0.6 is 11.8 Å². The lowest BCUT2D eigenvalue weighted by molar-refractivity contribution is -0.115. The van der Waals surface area contributed by atoms with Crippen molar-refractivity contribution in [3.63, 3.8) is 0 Å². The smallest absolute Gasteiger partial charge is 0.247 e. The van der Waals surface area contributed by atoms with Crippen LogP contribution < -0.4 is 10.6 Å². The molecular formula is C20H19FN4O3S. The molecule has 0 aliphatic rings. The predicted molar refractivity (Wildman–Crippen MR) is 110 cm³/mol. The molecule has 0 spiro atoms. The Morgan fingerprint density at radius 2 is 1.93 bits per heavy atom. The third kappa shape index (κ3) is 5.64. The number of halogens is 1. The largest absolute Gasteiger partial charge is 0.423 e. The highest BCUT2D eigenvalue weighted by atomic mass is 32.2. The minimum Gasteiger partial charge on any atom is -0.423 e. The summed E-state index contributed by atoms with van der Waals surface area (Å²) in [6.45, 7) is 3.60. The summed E-state index contributed by atoms with van der Waals surface area (Å²) in [6.07, 6.45) is 1.24. The van der Waals surface area contributed by atoms with Gasteiger partial charge in [0.25, 0.3) is 0 Å². The second-order valence-corrected chi connectivity index (χ2v) is 7.60. The Labute approximate surface area is 171 Å². The average Bonchev–Trinajstić information content (AvgIpc) is 3.24. The van der Waals surface area contributed by atoms with Gasteiger partial charge in [-0.2, -0.15) is 0 Å². The number of benzene rings is 2. The zero-order chi connectivity index (χ0) is 20.8. The van der Waals surface area contributed by atoms with E-state index in [2.05, 4.69) is 20.8 Å². The van der Waals surface area contributed by atoms with Crippen molar-refractivity contribution in [1.82, 2.24) is 10.2 Å². The monoisotopic (exact) mass is 414 g/mol. The van der Waals surface area contributed by atoms with Gasteiger partial charge in [0, 0.05) is 16.9 Å². The number of amides is 2. The first-order valence-corrected chi connectivity index (χ1v) is 9.82. The Morgan fingerprint density at radius 1 is 1.17 bits per heavy atom. The van der Waals surface area contributed by atoms with Crippen LogP contribution in [0.1, 0.15) is 12.5 Å². The number of hydrogen-bond acceptors (Lipinski definition) is 6. The lowest BCUT2D eigenvalue weighted by Gasteiger charge is -2.14. The van der Waals surface area contributed by atoms with Crippen molar-refractivity contribution in [3.05, 3.63) is 60.2 Å². The molecule has 0 bridgehead atoms. The molecule has 0 saturated heterocycles. The molecule has 2 amide bonds. The number of thioether (sulfide) groups is 1. The summed E-state index contributed by atoms with van der Waals surface area (Å²) in [7, 11) is 0. The molecule has 7 nitrogen and oxygen atoms in total. The second-order valence-electron chi connectivity index (χ2n) is 6.27. The first-order valence-electron chi connectivity index (χ1n) is 8.77. The van der Waals surface area contributed by atoms with E-state index >= 15 is 0 Å². The maximum atomic E-state index is 12.9. The van der Waals surface area contributed by atoms with E-state index in [1.165, 1.54) is 42.4 Å². The van der Waals surface area contributed by atoms with Crippen molar-refractivity contribution >= 4 is 35.0 Å². The molecule has 1 atom stereocenters. The van der Waals surface area contributed by atoms with E-state index in [-0.39, 0.29) is 23.4 Å². The molecule has 29 heavy (non-hydrogen) atoms. The average molecular weight is 414 g/mol. The lowest BCUT2D eigenvalue weighted by Crippen LogP contribution is -2.25. The molecule has 2 N–H and O–H groups in total. The number of carbonyl (C=O) groups excluding carboxylic acids is 2. The summed E-state index contributed by atoms with van der Waals surface area (Å²) in [4.78, 5) is 24.5. The van der Waals surface area contributed by atoms with E-state index in [1.54, 1.807) is 13.0 Å². The minimum absolute atomic E-state index is 0.0902. The van der Waals surface area contributed by atoms with Crippen molar-refractivity contribution < 1.29 is 18.4 Å². The fraction of sp³-hybridized carbons (Fsp3) is 0.200. The molecule has 3 aromatic rings. The minimum atomic E-state index is -0.458. The van der Waals surface area contributed by atoms with Gasteiger partial charge in [-0.15, -0.1) is 22.0 Å². The molecule has 0 saturated carbocycles. The van der Waals surface area contributed by atoms with Gasteiger partial charge in [0.1, 0.15) is 5.82 Å². The number of anilines is 2. The number of hydrogen-bond donors (Lipinski definition) is 2. The van der Waals surface area contributed by atoms with Crippen molar-refractivity contribution in [2.24, 2.45) is 0 Å². The van der Waals surface area contributed by atoms with Crippen LogP contribution in [-0.4, -0.2) is 33.0 Å². The van der Waals surface area contributed by atoms with E-state index < -0.39 is 5.25 Å². The number of nitrogens with zero attached hydrogens (tertiary/aromatic N) is 2. The molecule has 0 fully saturated rings. The van der Waals surface area contributed by atoms with Crippen LogP contribution in [0.2, 0.25) is 0 Å². The summed E-state index contributed by atoms with van der Waals surface area (Å²) >= 11 is 1.20. The van der Waals surface area contributed by atoms with Gasteiger partial charge in [0.05, 0.1) is 11.0 Å². The zero-order valence-electron chi connectivity index (χ0n) is 15.8. The van der Waals surface area contributed by atoms with Crippen molar-refractivity contribution in [2.45, 2.75) is 19.1 Å². The van der Waals surface area contributed by atoms with E-state index in [0.717, 1.165) is 5.56 Å². The Hall–Kier alpha value is -3.20. The van der Waals surface area contributed by atoms with Gasteiger partial charge in [-0.25, -0.2) is 4.39 Å². The van der Waals surface area contributed by atoms with Crippen molar-refractivity contribution in [2.75, 3.05) is 16.4 Å². The van der Waals surface area contributed by atoms with Gasteiger partial charge in [0.2, 0.25) is 24.1 Å². The molecule has 0 radical (unpaired) electrons. The summed E-state index contributed by atoms with van der Waals surface area (Å²) in [5.41, 5.74) is 2.71. The summed E-state index contributed by atoms with van der Waals surface area (Å²) in [5, 5.41) is 12.6. The fourth-order valence-corrected chi connectivity index (χ4v) is 3.11. The predicted octanol–water partition coefficient (Wildman–Crippen LogP) is 3.88. The number of aromatic nitrogens is 2. The Morgan fingerprint density at radius 3 is 2.62 bits per heavy atom. The second kappa shape index (κ2) is 9.33. The van der Waals surface area contributed by atoms with Crippen molar-refractivity contribution in [1.29, 1.82) is 0 Å². The Balaban J connectivity index is 1.54. The van der Waals surface area contributed by atoms with Gasteiger partial charge in [-0.05, 0) is 55.8 Å². The normalized spacial score (nSPS) is 11.7. The van der Waals surface area contributed by atoms with Gasteiger partial charge >= 0.3 is 0 Å². The maximum absolute atomic E-state index is 12.9. The Bertz CT molecular complexity index is 993. The number of carbonyl (C=O) groups is 2. The Kier molecular flexibility index (Phi) is 6.61. The molecule has 1 aromatic heterocycles. The van der Waals surface area contributed by atoms with Crippen LogP contribution in [-0.2, 0) is 9.59 Å². The highest BCUT2D eigenvalue weighted by Gasteiger charge is 2.17. The van der Waals surface area contributed by atoms with Gasteiger partial charge in [-0.1, -0.05) is 6.07 Å². The summed E-state index contributed by atoms with van der Waals surface area (Å²) in [6, 6.07) is 10.9. The third-order valence-electron chi connectivity index (χ3n) is 4.06. The topological polar surface area (TPSA) is 97.1 Å². The van der Waals surface area contributed by atoms with Crippen LogP contribution in [0.15, 0.2) is 53.3 Å².